The molecule has 0 spiro atoms. The van der Waals surface area contributed by atoms with Crippen LogP contribution in [0.4, 0.5) is 4.79 Å². The third kappa shape index (κ3) is 3.04. The van der Waals surface area contributed by atoms with Crippen LogP contribution < -0.4 is 0 Å². The van der Waals surface area contributed by atoms with E-state index in [1.807, 2.05) is 24.3 Å². The Morgan fingerprint density at radius 3 is 2.65 bits per heavy atom. The molecule has 1 aliphatic carbocycles. The molecule has 5 heteroatoms. The molecule has 2 aromatic rings. The van der Waals surface area contributed by atoms with Crippen molar-refractivity contribution in [3.05, 3.63) is 59.2 Å². The zero-order valence-corrected chi connectivity index (χ0v) is 12.8. The summed E-state index contributed by atoms with van der Waals surface area (Å²) in [5.41, 5.74) is 5.79. The summed E-state index contributed by atoms with van der Waals surface area (Å²) in [7, 11) is 1.40. The zero-order chi connectivity index (χ0) is 16.4. The minimum absolute atomic E-state index is 0.139. The lowest BCUT2D eigenvalue weighted by atomic mass is 10.0. The lowest BCUT2D eigenvalue weighted by Crippen LogP contribution is -2.32. The number of benzene rings is 2. The molecule has 0 heterocycles. The predicted octanol–water partition coefficient (Wildman–Crippen LogP) is 2.91. The van der Waals surface area contributed by atoms with Gasteiger partial charge in [-0.15, -0.1) is 0 Å². The van der Waals surface area contributed by atoms with Crippen molar-refractivity contribution in [2.24, 2.45) is 0 Å². The smallest absolute Gasteiger partial charge is 0.410 e. The Kier molecular flexibility index (Phi) is 4.02. The molecule has 0 fully saturated rings. The quantitative estimate of drug-likeness (QED) is 0.804. The first-order chi connectivity index (χ1) is 11.1. The van der Waals surface area contributed by atoms with Crippen molar-refractivity contribution in [3.63, 3.8) is 0 Å². The van der Waals surface area contributed by atoms with Crippen LogP contribution >= 0.6 is 0 Å². The van der Waals surface area contributed by atoms with Crippen LogP contribution in [0.15, 0.2) is 42.5 Å². The molecular formula is C18H17NO4. The molecule has 2 aromatic carbocycles. The van der Waals surface area contributed by atoms with Crippen molar-refractivity contribution < 1.29 is 19.4 Å². The number of rotatable bonds is 4. The topological polar surface area (TPSA) is 66.8 Å². The van der Waals surface area contributed by atoms with Gasteiger partial charge >= 0.3 is 12.1 Å². The van der Waals surface area contributed by atoms with Crippen molar-refractivity contribution in [3.8, 4) is 11.1 Å². The fourth-order valence-electron chi connectivity index (χ4n) is 2.88. The second kappa shape index (κ2) is 6.12. The van der Waals surface area contributed by atoms with Gasteiger partial charge in [0.25, 0.3) is 0 Å². The van der Waals surface area contributed by atoms with Gasteiger partial charge in [-0.05, 0) is 34.2 Å². The summed E-state index contributed by atoms with van der Waals surface area (Å²) in [4.78, 5) is 23.5. The molecule has 5 nitrogen and oxygen atoms in total. The van der Waals surface area contributed by atoms with Crippen molar-refractivity contribution in [2.45, 2.75) is 13.0 Å². The lowest BCUT2D eigenvalue weighted by molar-refractivity contribution is -0.137. The second-order valence-corrected chi connectivity index (χ2v) is 5.58. The maximum atomic E-state index is 11.8. The van der Waals surface area contributed by atoms with Crippen LogP contribution in [0.5, 0.6) is 0 Å². The number of hydrogen-bond donors (Lipinski definition) is 1. The van der Waals surface area contributed by atoms with Crippen LogP contribution in [0.25, 0.3) is 11.1 Å². The second-order valence-electron chi connectivity index (χ2n) is 5.58. The number of fused-ring (bicyclic) bond motifs is 3. The number of carboxylic acids is 1. The van der Waals surface area contributed by atoms with Gasteiger partial charge < -0.3 is 14.7 Å². The molecule has 0 unspecified atom stereocenters. The van der Waals surface area contributed by atoms with E-state index >= 15 is 0 Å². The van der Waals surface area contributed by atoms with E-state index in [0.29, 0.717) is 0 Å². The molecular weight excluding hydrogens is 294 g/mol. The third-order valence-electron chi connectivity index (χ3n) is 3.98. The number of carbonyl (C=O) groups is 2. The maximum absolute atomic E-state index is 11.8. The lowest BCUT2D eigenvalue weighted by Gasteiger charge is -2.15. The molecule has 3 rings (SSSR count). The van der Waals surface area contributed by atoms with E-state index in [9.17, 15) is 9.59 Å². The number of nitrogens with zero attached hydrogens (tertiary/aromatic N) is 1. The standard InChI is InChI=1S/C18H17NO4/c1-19(10-17(20)21)18(22)23-11-13-6-4-8-15-14-7-3-2-5-12(14)9-16(13)15/h2-8H,9-11H2,1H3,(H,20,21). The Bertz CT molecular complexity index is 769. The first-order valence-electron chi connectivity index (χ1n) is 7.35. The summed E-state index contributed by atoms with van der Waals surface area (Å²) in [5.74, 6) is -1.07. The van der Waals surface area contributed by atoms with Gasteiger partial charge in [0.15, 0.2) is 0 Å². The van der Waals surface area contributed by atoms with Crippen LogP contribution in [0, 0.1) is 0 Å². The predicted molar refractivity (Wildman–Crippen MR) is 85.1 cm³/mol. The Morgan fingerprint density at radius 1 is 1.13 bits per heavy atom. The fraction of sp³-hybridized carbons (Fsp3) is 0.222. The third-order valence-corrected chi connectivity index (χ3v) is 3.98. The van der Waals surface area contributed by atoms with Crippen LogP contribution in [0.2, 0.25) is 0 Å². The van der Waals surface area contributed by atoms with Gasteiger partial charge in [-0.2, -0.15) is 0 Å². The number of ether oxygens (including phenoxy) is 1. The maximum Gasteiger partial charge on any atom is 0.410 e. The van der Waals surface area contributed by atoms with Crippen LogP contribution in [0.3, 0.4) is 0 Å². The summed E-state index contributed by atoms with van der Waals surface area (Å²) in [6, 6.07) is 14.2. The van der Waals surface area contributed by atoms with Gasteiger partial charge in [0, 0.05) is 7.05 Å². The first kappa shape index (κ1) is 15.1. The Hall–Kier alpha value is -2.82. The molecule has 0 bridgehead atoms. The Labute approximate surface area is 134 Å². The van der Waals surface area contributed by atoms with Gasteiger partial charge in [0.05, 0.1) is 0 Å². The fourth-order valence-corrected chi connectivity index (χ4v) is 2.88. The molecule has 0 aromatic heterocycles. The van der Waals surface area contributed by atoms with Crippen LogP contribution in [-0.2, 0) is 22.6 Å². The van der Waals surface area contributed by atoms with E-state index in [4.69, 9.17) is 9.84 Å². The average Bonchev–Trinajstić information content (AvgIpc) is 2.91. The minimum Gasteiger partial charge on any atom is -0.480 e. The molecule has 0 atom stereocenters. The Morgan fingerprint density at radius 2 is 1.87 bits per heavy atom. The molecule has 1 amide bonds. The largest absolute Gasteiger partial charge is 0.480 e. The molecule has 1 N–H and O–H groups in total. The van der Waals surface area contributed by atoms with E-state index in [0.717, 1.165) is 16.9 Å². The highest BCUT2D eigenvalue weighted by molar-refractivity contribution is 5.78. The zero-order valence-electron chi connectivity index (χ0n) is 12.8. The molecule has 0 saturated carbocycles. The number of carbonyl (C=O) groups excluding carboxylic acids is 1. The summed E-state index contributed by atoms with van der Waals surface area (Å²) >= 11 is 0. The van der Waals surface area contributed by atoms with Crippen molar-refractivity contribution in [1.82, 2.24) is 4.90 Å². The van der Waals surface area contributed by atoms with E-state index in [1.54, 1.807) is 0 Å². The summed E-state index contributed by atoms with van der Waals surface area (Å²) < 4.78 is 5.24. The van der Waals surface area contributed by atoms with Crippen molar-refractivity contribution >= 4 is 12.1 Å². The number of hydrogen-bond acceptors (Lipinski definition) is 3. The molecule has 23 heavy (non-hydrogen) atoms. The number of aliphatic carboxylic acids is 1. The van der Waals surface area contributed by atoms with E-state index in [-0.39, 0.29) is 13.2 Å². The average molecular weight is 311 g/mol. The van der Waals surface area contributed by atoms with Crippen LogP contribution in [-0.4, -0.2) is 35.7 Å². The molecule has 0 radical (unpaired) electrons. The molecule has 0 aliphatic heterocycles. The minimum atomic E-state index is -1.07. The first-order valence-corrected chi connectivity index (χ1v) is 7.35. The van der Waals surface area contributed by atoms with Gasteiger partial charge in [-0.3, -0.25) is 4.79 Å². The van der Waals surface area contributed by atoms with Gasteiger partial charge in [-0.1, -0.05) is 42.5 Å². The van der Waals surface area contributed by atoms with Gasteiger partial charge in [-0.25, -0.2) is 4.79 Å². The number of likely N-dealkylation sites (N-methyl/N-ethyl adjacent to an activating group) is 1. The van der Waals surface area contributed by atoms with E-state index in [1.165, 1.54) is 29.3 Å². The van der Waals surface area contributed by atoms with Crippen molar-refractivity contribution in [1.29, 1.82) is 0 Å². The summed E-state index contributed by atoms with van der Waals surface area (Å²) in [5, 5.41) is 8.70. The normalized spacial score (nSPS) is 11.5. The van der Waals surface area contributed by atoms with E-state index in [2.05, 4.69) is 18.2 Å². The molecule has 1 aliphatic rings. The summed E-state index contributed by atoms with van der Waals surface area (Å²) in [6.45, 7) is -0.239. The van der Waals surface area contributed by atoms with Crippen LogP contribution in [0.1, 0.15) is 16.7 Å². The number of amides is 1. The highest BCUT2D eigenvalue weighted by atomic mass is 16.6. The van der Waals surface area contributed by atoms with Gasteiger partial charge in [0.2, 0.25) is 0 Å². The van der Waals surface area contributed by atoms with E-state index < -0.39 is 12.1 Å². The highest BCUT2D eigenvalue weighted by Crippen LogP contribution is 2.38. The Balaban J connectivity index is 1.74. The monoisotopic (exact) mass is 311 g/mol. The summed E-state index contributed by atoms with van der Waals surface area (Å²) in [6.07, 6.45) is 0.185. The highest BCUT2D eigenvalue weighted by Gasteiger charge is 2.21. The van der Waals surface area contributed by atoms with Crippen molar-refractivity contribution in [2.75, 3.05) is 13.6 Å². The SMILES string of the molecule is CN(CC(=O)O)C(=O)OCc1cccc2c1Cc1ccccc1-2. The molecule has 0 saturated heterocycles. The van der Waals surface area contributed by atoms with Gasteiger partial charge in [0.1, 0.15) is 13.2 Å². The number of carboxylic acid groups (broad SMARTS) is 1. The molecule has 118 valence electrons.